The van der Waals surface area contributed by atoms with Gasteiger partial charge in [0.2, 0.25) is 0 Å². The number of aryl methyl sites for hydroxylation is 1. The minimum absolute atomic E-state index is 0.0158. The van der Waals surface area contributed by atoms with Gasteiger partial charge in [-0.3, -0.25) is 4.79 Å². The van der Waals surface area contributed by atoms with Crippen molar-refractivity contribution in [3.05, 3.63) is 29.8 Å². The number of carboxylic acids is 1. The first-order chi connectivity index (χ1) is 9.78. The molecule has 0 radical (unpaired) electrons. The average Bonchev–Trinajstić information content (AvgIpc) is 2.36. The number of sulfone groups is 1. The smallest absolute Gasteiger partial charge is 0.319 e. The van der Waals surface area contributed by atoms with Crippen molar-refractivity contribution in [2.24, 2.45) is 0 Å². The summed E-state index contributed by atoms with van der Waals surface area (Å²) in [6.45, 7) is 0.0158. The number of benzene rings is 1. The van der Waals surface area contributed by atoms with E-state index < -0.39 is 21.8 Å². The van der Waals surface area contributed by atoms with Gasteiger partial charge >= 0.3 is 12.0 Å². The molecule has 0 aliphatic rings. The van der Waals surface area contributed by atoms with Crippen LogP contribution in [0.4, 0.5) is 10.5 Å². The first-order valence-corrected chi connectivity index (χ1v) is 8.36. The lowest BCUT2D eigenvalue weighted by atomic mass is 10.1. The van der Waals surface area contributed by atoms with Gasteiger partial charge in [-0.25, -0.2) is 13.2 Å². The highest BCUT2D eigenvalue weighted by Crippen LogP contribution is 2.16. The number of hydrogen-bond donors (Lipinski definition) is 3. The monoisotopic (exact) mass is 314 g/mol. The van der Waals surface area contributed by atoms with Gasteiger partial charge in [-0.05, 0) is 18.1 Å². The van der Waals surface area contributed by atoms with Gasteiger partial charge < -0.3 is 15.7 Å². The molecule has 3 N–H and O–H groups in total. The predicted molar refractivity (Wildman–Crippen MR) is 79.1 cm³/mol. The van der Waals surface area contributed by atoms with Crippen LogP contribution in [0.1, 0.15) is 12.0 Å². The first kappa shape index (κ1) is 17.0. The van der Waals surface area contributed by atoms with Crippen molar-refractivity contribution in [3.63, 3.8) is 0 Å². The summed E-state index contributed by atoms with van der Waals surface area (Å²) in [7, 11) is -3.13. The predicted octanol–water partition coefficient (Wildman–Crippen LogP) is 0.870. The fourth-order valence-corrected chi connectivity index (χ4v) is 2.09. The SMILES string of the molecule is CS(=O)(=O)CCNC(=O)Nc1ccccc1CCC(=O)O. The molecule has 0 saturated heterocycles. The van der Waals surface area contributed by atoms with E-state index in [1.54, 1.807) is 24.3 Å². The molecule has 1 aromatic carbocycles. The Morgan fingerprint density at radius 2 is 1.90 bits per heavy atom. The quantitative estimate of drug-likeness (QED) is 0.691. The van der Waals surface area contributed by atoms with Crippen molar-refractivity contribution in [1.82, 2.24) is 5.32 Å². The minimum Gasteiger partial charge on any atom is -0.481 e. The number of anilines is 1. The van der Waals surface area contributed by atoms with Gasteiger partial charge in [0.05, 0.1) is 5.75 Å². The summed E-state index contributed by atoms with van der Waals surface area (Å²) in [6.07, 6.45) is 1.36. The lowest BCUT2D eigenvalue weighted by Gasteiger charge is -2.11. The Balaban J connectivity index is 2.57. The highest BCUT2D eigenvalue weighted by Gasteiger charge is 2.08. The van der Waals surface area contributed by atoms with Crippen LogP contribution in [0.5, 0.6) is 0 Å². The maximum Gasteiger partial charge on any atom is 0.319 e. The zero-order chi connectivity index (χ0) is 15.9. The third kappa shape index (κ3) is 7.31. The number of urea groups is 1. The second-order valence-electron chi connectivity index (χ2n) is 4.56. The molecule has 21 heavy (non-hydrogen) atoms. The van der Waals surface area contributed by atoms with Gasteiger partial charge in [-0.2, -0.15) is 0 Å². The van der Waals surface area contributed by atoms with Crippen molar-refractivity contribution < 1.29 is 23.1 Å². The number of amides is 2. The van der Waals surface area contributed by atoms with Crippen LogP contribution in [-0.4, -0.2) is 44.1 Å². The van der Waals surface area contributed by atoms with E-state index in [-0.39, 0.29) is 18.7 Å². The van der Waals surface area contributed by atoms with E-state index in [0.29, 0.717) is 17.7 Å². The van der Waals surface area contributed by atoms with E-state index in [1.807, 2.05) is 0 Å². The molecule has 0 unspecified atom stereocenters. The zero-order valence-corrected chi connectivity index (χ0v) is 12.4. The van der Waals surface area contributed by atoms with E-state index >= 15 is 0 Å². The molecule has 8 heteroatoms. The van der Waals surface area contributed by atoms with Crippen molar-refractivity contribution in [1.29, 1.82) is 0 Å². The Morgan fingerprint density at radius 1 is 1.24 bits per heavy atom. The first-order valence-electron chi connectivity index (χ1n) is 6.30. The van der Waals surface area contributed by atoms with Crippen LogP contribution in [-0.2, 0) is 21.1 Å². The van der Waals surface area contributed by atoms with Crippen LogP contribution in [0.15, 0.2) is 24.3 Å². The molecule has 7 nitrogen and oxygen atoms in total. The molecule has 0 aliphatic heterocycles. The normalized spacial score (nSPS) is 10.9. The number of carboxylic acid groups (broad SMARTS) is 1. The maximum atomic E-state index is 11.7. The van der Waals surface area contributed by atoms with Crippen molar-refractivity contribution in [2.75, 3.05) is 23.9 Å². The van der Waals surface area contributed by atoms with Crippen LogP contribution in [0.3, 0.4) is 0 Å². The summed E-state index contributed by atoms with van der Waals surface area (Å²) >= 11 is 0. The molecule has 0 atom stereocenters. The zero-order valence-electron chi connectivity index (χ0n) is 11.6. The van der Waals surface area contributed by atoms with Crippen LogP contribution in [0.25, 0.3) is 0 Å². The molecule has 116 valence electrons. The second-order valence-corrected chi connectivity index (χ2v) is 6.82. The third-order valence-electron chi connectivity index (χ3n) is 2.63. The van der Waals surface area contributed by atoms with Crippen LogP contribution >= 0.6 is 0 Å². The van der Waals surface area contributed by atoms with Crippen molar-refractivity contribution in [3.8, 4) is 0 Å². The van der Waals surface area contributed by atoms with Gasteiger partial charge in [0.1, 0.15) is 9.84 Å². The molecule has 2 amide bonds. The minimum atomic E-state index is -3.13. The molecule has 0 saturated carbocycles. The van der Waals surface area contributed by atoms with Crippen LogP contribution in [0.2, 0.25) is 0 Å². The highest BCUT2D eigenvalue weighted by atomic mass is 32.2. The van der Waals surface area contributed by atoms with Gasteiger partial charge in [0.25, 0.3) is 0 Å². The number of nitrogens with one attached hydrogen (secondary N) is 2. The van der Waals surface area contributed by atoms with E-state index in [1.165, 1.54) is 0 Å². The average molecular weight is 314 g/mol. The fourth-order valence-electron chi connectivity index (χ4n) is 1.62. The maximum absolute atomic E-state index is 11.7. The van der Waals surface area contributed by atoms with E-state index in [9.17, 15) is 18.0 Å². The molecule has 0 spiro atoms. The molecular weight excluding hydrogens is 296 g/mol. The van der Waals surface area contributed by atoms with Crippen LogP contribution in [0, 0.1) is 0 Å². The Labute approximate surface area is 123 Å². The highest BCUT2D eigenvalue weighted by molar-refractivity contribution is 7.90. The summed E-state index contributed by atoms with van der Waals surface area (Å²) in [5, 5.41) is 13.7. The second kappa shape index (κ2) is 7.63. The lowest BCUT2D eigenvalue weighted by molar-refractivity contribution is -0.136. The molecular formula is C13H18N2O5S. The molecule has 1 rings (SSSR count). The Morgan fingerprint density at radius 3 is 2.52 bits per heavy atom. The van der Waals surface area contributed by atoms with Gasteiger partial charge in [-0.1, -0.05) is 18.2 Å². The van der Waals surface area contributed by atoms with E-state index in [0.717, 1.165) is 6.26 Å². The molecule has 0 fully saturated rings. The van der Waals surface area contributed by atoms with E-state index in [2.05, 4.69) is 10.6 Å². The number of aliphatic carboxylic acids is 1. The molecule has 0 bridgehead atoms. The van der Waals surface area contributed by atoms with Gasteiger partial charge in [-0.15, -0.1) is 0 Å². The van der Waals surface area contributed by atoms with Gasteiger partial charge in [0.15, 0.2) is 0 Å². The Bertz CT molecular complexity index is 613. The van der Waals surface area contributed by atoms with Gasteiger partial charge in [0, 0.05) is 24.9 Å². The summed E-state index contributed by atoms with van der Waals surface area (Å²) in [5.41, 5.74) is 1.22. The molecule has 0 heterocycles. The number of carbonyl (C=O) groups excluding carboxylic acids is 1. The topological polar surface area (TPSA) is 113 Å². The largest absolute Gasteiger partial charge is 0.481 e. The third-order valence-corrected chi connectivity index (χ3v) is 3.58. The summed E-state index contributed by atoms with van der Waals surface area (Å²) in [5.74, 6) is -1.05. The van der Waals surface area contributed by atoms with Crippen molar-refractivity contribution in [2.45, 2.75) is 12.8 Å². The summed E-state index contributed by atoms with van der Waals surface area (Å²) in [4.78, 5) is 22.2. The summed E-state index contributed by atoms with van der Waals surface area (Å²) < 4.78 is 21.9. The summed E-state index contributed by atoms with van der Waals surface area (Å²) in [6, 6.07) is 6.34. The molecule has 1 aromatic rings. The van der Waals surface area contributed by atoms with E-state index in [4.69, 9.17) is 5.11 Å². The van der Waals surface area contributed by atoms with Crippen molar-refractivity contribution >= 4 is 27.5 Å². The number of rotatable bonds is 7. The number of para-hydroxylation sites is 1. The fraction of sp³-hybridized carbons (Fsp3) is 0.385. The number of hydrogen-bond acceptors (Lipinski definition) is 4. The standard InChI is InChI=1S/C13H18N2O5S/c1-21(19,20)9-8-14-13(18)15-11-5-3-2-4-10(11)6-7-12(16)17/h2-5H,6-9H2,1H3,(H,16,17)(H2,14,15,18). The molecule has 0 aromatic heterocycles. The Kier molecular flexibility index (Phi) is 6.16. The Hall–Kier alpha value is -2.09. The number of carbonyl (C=O) groups is 2. The van der Waals surface area contributed by atoms with Crippen LogP contribution < -0.4 is 10.6 Å². The lowest BCUT2D eigenvalue weighted by Crippen LogP contribution is -2.32. The molecule has 0 aliphatic carbocycles.